The van der Waals surface area contributed by atoms with Crippen molar-refractivity contribution < 1.29 is 17.9 Å². The molecule has 0 radical (unpaired) electrons. The van der Waals surface area contributed by atoms with Crippen LogP contribution in [-0.4, -0.2) is 20.4 Å². The third-order valence-electron chi connectivity index (χ3n) is 4.75. The second kappa shape index (κ2) is 10.2. The van der Waals surface area contributed by atoms with Gasteiger partial charge in [0.15, 0.2) is 6.10 Å². The number of amides is 1. The van der Waals surface area contributed by atoms with Gasteiger partial charge in [0.05, 0.1) is 4.90 Å². The molecular weight excluding hydrogens is 412 g/mol. The van der Waals surface area contributed by atoms with E-state index in [2.05, 4.69) is 17.0 Å². The molecule has 3 rings (SSSR count). The number of rotatable bonds is 9. The summed E-state index contributed by atoms with van der Waals surface area (Å²) in [6.45, 7) is 3.94. The van der Waals surface area contributed by atoms with Crippen molar-refractivity contribution in [1.82, 2.24) is 4.72 Å². The normalized spacial score (nSPS) is 12.2. The average Bonchev–Trinajstić information content (AvgIpc) is 2.79. The Labute approximate surface area is 183 Å². The SMILES string of the molecule is CCc1ccc(O[C@@H](C)C(=O)Nc2ccc(S(=O)(=O)NCc3ccccc3)cc2)cc1. The molecule has 0 aliphatic rings. The number of hydrogen-bond acceptors (Lipinski definition) is 4. The monoisotopic (exact) mass is 438 g/mol. The summed E-state index contributed by atoms with van der Waals surface area (Å²) in [5.74, 6) is 0.295. The van der Waals surface area contributed by atoms with Crippen molar-refractivity contribution in [3.05, 3.63) is 90.0 Å². The summed E-state index contributed by atoms with van der Waals surface area (Å²) in [6.07, 6.45) is 0.229. The van der Waals surface area contributed by atoms with Crippen molar-refractivity contribution in [2.45, 2.75) is 37.8 Å². The van der Waals surface area contributed by atoms with Crippen molar-refractivity contribution in [3.8, 4) is 5.75 Å². The maximum Gasteiger partial charge on any atom is 0.265 e. The highest BCUT2D eigenvalue weighted by atomic mass is 32.2. The van der Waals surface area contributed by atoms with Crippen LogP contribution >= 0.6 is 0 Å². The Bertz CT molecular complexity index is 1100. The van der Waals surface area contributed by atoms with E-state index in [0.717, 1.165) is 12.0 Å². The number of hydrogen-bond donors (Lipinski definition) is 2. The van der Waals surface area contributed by atoms with Gasteiger partial charge in [-0.2, -0.15) is 0 Å². The molecule has 31 heavy (non-hydrogen) atoms. The van der Waals surface area contributed by atoms with E-state index in [9.17, 15) is 13.2 Å². The van der Waals surface area contributed by atoms with Crippen molar-refractivity contribution in [3.63, 3.8) is 0 Å². The third-order valence-corrected chi connectivity index (χ3v) is 6.17. The number of anilines is 1. The molecule has 0 aliphatic heterocycles. The fourth-order valence-electron chi connectivity index (χ4n) is 2.88. The van der Waals surface area contributed by atoms with Crippen LogP contribution < -0.4 is 14.8 Å². The predicted molar refractivity (Wildman–Crippen MR) is 121 cm³/mol. The Hall–Kier alpha value is -3.16. The molecule has 0 unspecified atom stereocenters. The molecule has 3 aromatic rings. The largest absolute Gasteiger partial charge is 0.481 e. The zero-order valence-corrected chi connectivity index (χ0v) is 18.4. The molecule has 162 valence electrons. The third kappa shape index (κ3) is 6.41. The molecule has 3 aromatic carbocycles. The Balaban J connectivity index is 1.56. The number of aryl methyl sites for hydroxylation is 1. The minimum atomic E-state index is -3.65. The molecule has 0 fully saturated rings. The van der Waals surface area contributed by atoms with Gasteiger partial charge in [-0.15, -0.1) is 0 Å². The fraction of sp³-hybridized carbons (Fsp3) is 0.208. The number of nitrogens with one attached hydrogen (secondary N) is 2. The van der Waals surface area contributed by atoms with E-state index in [1.54, 1.807) is 19.1 Å². The number of ether oxygens (including phenoxy) is 1. The van der Waals surface area contributed by atoms with Crippen LogP contribution in [0.2, 0.25) is 0 Å². The second-order valence-electron chi connectivity index (χ2n) is 7.08. The smallest absolute Gasteiger partial charge is 0.265 e. The summed E-state index contributed by atoms with van der Waals surface area (Å²) in [5.41, 5.74) is 2.55. The zero-order valence-electron chi connectivity index (χ0n) is 17.5. The van der Waals surface area contributed by atoms with E-state index in [0.29, 0.717) is 11.4 Å². The molecule has 6 nitrogen and oxygen atoms in total. The first-order valence-corrected chi connectivity index (χ1v) is 11.6. The van der Waals surface area contributed by atoms with E-state index in [-0.39, 0.29) is 17.3 Å². The van der Waals surface area contributed by atoms with Crippen molar-refractivity contribution >= 4 is 21.6 Å². The van der Waals surface area contributed by atoms with Gasteiger partial charge in [-0.3, -0.25) is 4.79 Å². The lowest BCUT2D eigenvalue weighted by atomic mass is 10.2. The fourth-order valence-corrected chi connectivity index (χ4v) is 3.90. The van der Waals surface area contributed by atoms with Gasteiger partial charge >= 0.3 is 0 Å². The van der Waals surface area contributed by atoms with Gasteiger partial charge in [0, 0.05) is 12.2 Å². The van der Waals surface area contributed by atoms with Gasteiger partial charge in [-0.25, -0.2) is 13.1 Å². The predicted octanol–water partition coefficient (Wildman–Crippen LogP) is 4.13. The summed E-state index contributed by atoms with van der Waals surface area (Å²) >= 11 is 0. The molecule has 1 amide bonds. The van der Waals surface area contributed by atoms with Crippen LogP contribution in [0.3, 0.4) is 0 Å². The van der Waals surface area contributed by atoms with Crippen molar-refractivity contribution in [1.29, 1.82) is 0 Å². The van der Waals surface area contributed by atoms with Gasteiger partial charge in [0.25, 0.3) is 5.91 Å². The number of carbonyl (C=O) groups excluding carboxylic acids is 1. The van der Waals surface area contributed by atoms with Crippen LogP contribution in [0.25, 0.3) is 0 Å². The topological polar surface area (TPSA) is 84.5 Å². The Morgan fingerprint density at radius 3 is 2.16 bits per heavy atom. The van der Waals surface area contributed by atoms with Crippen LogP contribution in [0.15, 0.2) is 83.8 Å². The number of carbonyl (C=O) groups is 1. The highest BCUT2D eigenvalue weighted by molar-refractivity contribution is 7.89. The molecule has 7 heteroatoms. The summed E-state index contributed by atoms with van der Waals surface area (Å²) in [6, 6.07) is 22.9. The summed E-state index contributed by atoms with van der Waals surface area (Å²) < 4.78 is 33.2. The Morgan fingerprint density at radius 2 is 1.55 bits per heavy atom. The second-order valence-corrected chi connectivity index (χ2v) is 8.85. The lowest BCUT2D eigenvalue weighted by Crippen LogP contribution is -2.30. The van der Waals surface area contributed by atoms with E-state index in [4.69, 9.17) is 4.74 Å². The highest BCUT2D eigenvalue weighted by Crippen LogP contribution is 2.17. The van der Waals surface area contributed by atoms with Gasteiger partial charge in [0.2, 0.25) is 10.0 Å². The van der Waals surface area contributed by atoms with Gasteiger partial charge in [-0.05, 0) is 60.9 Å². The van der Waals surface area contributed by atoms with Gasteiger partial charge in [0.1, 0.15) is 5.75 Å². The summed E-state index contributed by atoms with van der Waals surface area (Å²) in [4.78, 5) is 12.5. The van der Waals surface area contributed by atoms with Crippen LogP contribution in [0.1, 0.15) is 25.0 Å². The minimum Gasteiger partial charge on any atom is -0.481 e. The maximum atomic E-state index is 12.5. The van der Waals surface area contributed by atoms with E-state index in [1.165, 1.54) is 17.7 Å². The van der Waals surface area contributed by atoms with E-state index < -0.39 is 16.1 Å². The van der Waals surface area contributed by atoms with Gasteiger partial charge in [-0.1, -0.05) is 49.4 Å². The minimum absolute atomic E-state index is 0.127. The summed E-state index contributed by atoms with van der Waals surface area (Å²) in [7, 11) is -3.65. The lowest BCUT2D eigenvalue weighted by Gasteiger charge is -2.15. The highest BCUT2D eigenvalue weighted by Gasteiger charge is 2.17. The Kier molecular flexibility index (Phi) is 7.44. The maximum absolute atomic E-state index is 12.5. The number of benzene rings is 3. The average molecular weight is 439 g/mol. The van der Waals surface area contributed by atoms with Crippen LogP contribution in [0, 0.1) is 0 Å². The lowest BCUT2D eigenvalue weighted by molar-refractivity contribution is -0.122. The first-order valence-electron chi connectivity index (χ1n) is 10.1. The van der Waals surface area contributed by atoms with Gasteiger partial charge < -0.3 is 10.1 Å². The molecular formula is C24H26N2O4S. The summed E-state index contributed by atoms with van der Waals surface area (Å²) in [5, 5.41) is 2.74. The zero-order chi connectivity index (χ0) is 22.3. The van der Waals surface area contributed by atoms with Crippen LogP contribution in [0.5, 0.6) is 5.75 Å². The van der Waals surface area contributed by atoms with Crippen LogP contribution in [0.4, 0.5) is 5.69 Å². The molecule has 0 bridgehead atoms. The Morgan fingerprint density at radius 1 is 0.903 bits per heavy atom. The molecule has 0 saturated carbocycles. The molecule has 0 aromatic heterocycles. The molecule has 0 heterocycles. The first kappa shape index (κ1) is 22.5. The standard InChI is InChI=1S/C24H26N2O4S/c1-3-19-9-13-22(14-10-19)30-18(2)24(27)26-21-11-15-23(16-12-21)31(28,29)25-17-20-7-5-4-6-8-20/h4-16,18,25H,3,17H2,1-2H3,(H,26,27)/t18-/m0/s1. The van der Waals surface area contributed by atoms with Crippen LogP contribution in [-0.2, 0) is 27.8 Å². The quantitative estimate of drug-likeness (QED) is 0.526. The molecule has 2 N–H and O–H groups in total. The molecule has 0 spiro atoms. The van der Waals surface area contributed by atoms with Crippen molar-refractivity contribution in [2.24, 2.45) is 0 Å². The van der Waals surface area contributed by atoms with Crippen molar-refractivity contribution in [2.75, 3.05) is 5.32 Å². The molecule has 0 aliphatic carbocycles. The van der Waals surface area contributed by atoms with E-state index in [1.807, 2.05) is 54.6 Å². The molecule has 0 saturated heterocycles. The molecule has 1 atom stereocenters. The first-order chi connectivity index (χ1) is 14.9. The van der Waals surface area contributed by atoms with E-state index >= 15 is 0 Å². The number of sulfonamides is 1.